The van der Waals surface area contributed by atoms with Gasteiger partial charge in [-0.25, -0.2) is 9.18 Å². The number of hydrogen-bond acceptors (Lipinski definition) is 4. The molecule has 27 heavy (non-hydrogen) atoms. The van der Waals surface area contributed by atoms with Crippen LogP contribution in [0, 0.1) is 12.7 Å². The average molecular weight is 366 g/mol. The van der Waals surface area contributed by atoms with Crippen LogP contribution < -0.4 is 5.63 Å². The third-order valence-electron chi connectivity index (χ3n) is 5.20. The largest absolute Gasteiger partial charge is 0.423 e. The van der Waals surface area contributed by atoms with Crippen LogP contribution in [0.5, 0.6) is 0 Å². The van der Waals surface area contributed by atoms with Gasteiger partial charge in [0.2, 0.25) is 0 Å². The molecule has 1 saturated heterocycles. The molecule has 1 aliphatic rings. The quantitative estimate of drug-likeness (QED) is 0.662. The molecule has 2 aromatic carbocycles. The van der Waals surface area contributed by atoms with Gasteiger partial charge in [-0.15, -0.1) is 0 Å². The molecule has 0 bridgehead atoms. The van der Waals surface area contributed by atoms with Gasteiger partial charge in [0, 0.05) is 56.3 Å². The highest BCUT2D eigenvalue weighted by molar-refractivity contribution is 5.80. The Hall–Kier alpha value is -2.50. The number of nitrogens with zero attached hydrogens (tertiary/aromatic N) is 2. The van der Waals surface area contributed by atoms with Crippen molar-refractivity contribution >= 4 is 11.0 Å². The summed E-state index contributed by atoms with van der Waals surface area (Å²) in [5.41, 5.74) is 3.17. The zero-order valence-corrected chi connectivity index (χ0v) is 15.5. The third kappa shape index (κ3) is 4.10. The molecular formula is C22H23FN2O2. The monoisotopic (exact) mass is 366 g/mol. The lowest BCUT2D eigenvalue weighted by Crippen LogP contribution is -2.45. The van der Waals surface area contributed by atoms with Gasteiger partial charge in [-0.3, -0.25) is 9.80 Å². The Morgan fingerprint density at radius 2 is 1.59 bits per heavy atom. The fourth-order valence-electron chi connectivity index (χ4n) is 3.68. The number of hydrogen-bond donors (Lipinski definition) is 0. The summed E-state index contributed by atoms with van der Waals surface area (Å²) in [5, 5.41) is 0.994. The molecule has 3 aromatic rings. The fraction of sp³-hybridized carbons (Fsp3) is 0.318. The van der Waals surface area contributed by atoms with Crippen LogP contribution in [0.1, 0.15) is 16.7 Å². The van der Waals surface area contributed by atoms with E-state index in [-0.39, 0.29) is 11.4 Å². The first-order valence-electron chi connectivity index (χ1n) is 9.30. The molecule has 1 aromatic heterocycles. The molecule has 0 atom stereocenters. The van der Waals surface area contributed by atoms with Crippen LogP contribution in [-0.4, -0.2) is 36.0 Å². The molecule has 0 N–H and O–H groups in total. The van der Waals surface area contributed by atoms with Crippen LogP contribution in [0.25, 0.3) is 11.0 Å². The zero-order valence-electron chi connectivity index (χ0n) is 15.5. The highest BCUT2D eigenvalue weighted by Crippen LogP contribution is 2.21. The van der Waals surface area contributed by atoms with Crippen molar-refractivity contribution in [1.29, 1.82) is 0 Å². The minimum atomic E-state index is -0.304. The molecule has 0 unspecified atom stereocenters. The first-order chi connectivity index (χ1) is 13.1. The van der Waals surface area contributed by atoms with Gasteiger partial charge in [-0.1, -0.05) is 30.3 Å². The second kappa shape index (κ2) is 7.62. The minimum absolute atomic E-state index is 0.141. The highest BCUT2D eigenvalue weighted by Gasteiger charge is 2.19. The van der Waals surface area contributed by atoms with Crippen molar-refractivity contribution < 1.29 is 8.81 Å². The predicted octanol–water partition coefficient (Wildman–Crippen LogP) is 3.56. The third-order valence-corrected chi connectivity index (χ3v) is 5.20. The molecule has 140 valence electrons. The molecule has 5 heteroatoms. The second-order valence-corrected chi connectivity index (χ2v) is 7.23. The van der Waals surface area contributed by atoms with Crippen LogP contribution >= 0.6 is 0 Å². The molecule has 4 rings (SSSR count). The van der Waals surface area contributed by atoms with Crippen LogP contribution in [-0.2, 0) is 13.1 Å². The Morgan fingerprint density at radius 1 is 0.926 bits per heavy atom. The number of benzene rings is 2. The van der Waals surface area contributed by atoms with Gasteiger partial charge < -0.3 is 4.42 Å². The van der Waals surface area contributed by atoms with Gasteiger partial charge in [0.05, 0.1) is 0 Å². The van der Waals surface area contributed by atoms with Crippen molar-refractivity contribution in [3.05, 3.63) is 81.5 Å². The Bertz CT molecular complexity index is 1010. The summed E-state index contributed by atoms with van der Waals surface area (Å²) in [5.74, 6) is -0.141. The maximum absolute atomic E-state index is 13.8. The van der Waals surface area contributed by atoms with Crippen molar-refractivity contribution in [3.63, 3.8) is 0 Å². The number of rotatable bonds is 4. The van der Waals surface area contributed by atoms with E-state index in [2.05, 4.69) is 9.80 Å². The topological polar surface area (TPSA) is 36.7 Å². The minimum Gasteiger partial charge on any atom is -0.423 e. The molecule has 0 saturated carbocycles. The number of fused-ring (bicyclic) bond motifs is 1. The van der Waals surface area contributed by atoms with Crippen molar-refractivity contribution in [3.8, 4) is 0 Å². The van der Waals surface area contributed by atoms with Crippen LogP contribution in [0.15, 0.2) is 57.7 Å². The molecule has 0 amide bonds. The normalized spacial score (nSPS) is 16.1. The van der Waals surface area contributed by atoms with E-state index in [1.165, 1.54) is 6.07 Å². The van der Waals surface area contributed by atoms with E-state index in [1.807, 2.05) is 37.3 Å². The van der Waals surface area contributed by atoms with E-state index >= 15 is 0 Å². The van der Waals surface area contributed by atoms with E-state index in [9.17, 15) is 9.18 Å². The molecule has 1 aliphatic heterocycles. The summed E-state index contributed by atoms with van der Waals surface area (Å²) in [6, 6.07) is 14.5. The van der Waals surface area contributed by atoms with Crippen molar-refractivity contribution in [1.82, 2.24) is 9.80 Å². The summed E-state index contributed by atoms with van der Waals surface area (Å²) in [7, 11) is 0. The molecule has 0 spiro atoms. The average Bonchev–Trinajstić information content (AvgIpc) is 2.64. The number of aryl methyl sites for hydroxylation is 1. The Balaban J connectivity index is 1.43. The fourth-order valence-corrected chi connectivity index (χ4v) is 3.68. The first kappa shape index (κ1) is 17.9. The summed E-state index contributed by atoms with van der Waals surface area (Å²) in [6.07, 6.45) is 0. The van der Waals surface area contributed by atoms with Crippen LogP contribution in [0.3, 0.4) is 0 Å². The van der Waals surface area contributed by atoms with Gasteiger partial charge in [-0.2, -0.15) is 0 Å². The predicted molar refractivity (Wildman–Crippen MR) is 104 cm³/mol. The molecule has 4 nitrogen and oxygen atoms in total. The zero-order chi connectivity index (χ0) is 18.8. The number of piperazine rings is 1. The van der Waals surface area contributed by atoms with Crippen molar-refractivity contribution in [2.24, 2.45) is 0 Å². The maximum Gasteiger partial charge on any atom is 0.336 e. The summed E-state index contributed by atoms with van der Waals surface area (Å²) < 4.78 is 19.2. The Morgan fingerprint density at radius 3 is 2.30 bits per heavy atom. The van der Waals surface area contributed by atoms with Gasteiger partial charge in [-0.05, 0) is 30.2 Å². The van der Waals surface area contributed by atoms with E-state index < -0.39 is 0 Å². The van der Waals surface area contributed by atoms with E-state index in [0.29, 0.717) is 12.1 Å². The summed E-state index contributed by atoms with van der Waals surface area (Å²) in [4.78, 5) is 16.5. The SMILES string of the molecule is Cc1ccc2c(CN3CCN(Cc4ccccc4F)CC3)cc(=O)oc2c1. The highest BCUT2D eigenvalue weighted by atomic mass is 19.1. The molecular weight excluding hydrogens is 343 g/mol. The van der Waals surface area contributed by atoms with Gasteiger partial charge in [0.25, 0.3) is 0 Å². The van der Waals surface area contributed by atoms with Crippen LogP contribution in [0.4, 0.5) is 4.39 Å². The Kier molecular flexibility index (Phi) is 5.05. The van der Waals surface area contributed by atoms with E-state index in [1.54, 1.807) is 12.1 Å². The standard InChI is InChI=1S/C22H23FN2O2/c1-16-6-7-19-18(13-22(26)27-21(19)12-16)15-25-10-8-24(9-11-25)14-17-4-2-3-5-20(17)23/h2-7,12-13H,8-11,14-15H2,1H3. The lowest BCUT2D eigenvalue weighted by atomic mass is 10.1. The van der Waals surface area contributed by atoms with Crippen molar-refractivity contribution in [2.75, 3.05) is 26.2 Å². The Labute approximate surface area is 157 Å². The molecule has 0 radical (unpaired) electrons. The number of halogens is 1. The molecule has 2 heterocycles. The van der Waals surface area contributed by atoms with Crippen LogP contribution in [0.2, 0.25) is 0 Å². The summed E-state index contributed by atoms with van der Waals surface area (Å²) >= 11 is 0. The van der Waals surface area contributed by atoms with Crippen molar-refractivity contribution in [2.45, 2.75) is 20.0 Å². The van der Waals surface area contributed by atoms with Gasteiger partial charge in [0.15, 0.2) is 0 Å². The second-order valence-electron chi connectivity index (χ2n) is 7.23. The lowest BCUT2D eigenvalue weighted by Gasteiger charge is -2.34. The van der Waals surface area contributed by atoms with Gasteiger partial charge >= 0.3 is 5.63 Å². The summed E-state index contributed by atoms with van der Waals surface area (Å²) in [6.45, 7) is 6.89. The maximum atomic E-state index is 13.8. The van der Waals surface area contributed by atoms with E-state index in [4.69, 9.17) is 4.42 Å². The lowest BCUT2D eigenvalue weighted by molar-refractivity contribution is 0.121. The molecule has 0 aliphatic carbocycles. The van der Waals surface area contributed by atoms with E-state index in [0.717, 1.165) is 54.8 Å². The van der Waals surface area contributed by atoms with Gasteiger partial charge in [0.1, 0.15) is 11.4 Å². The first-order valence-corrected chi connectivity index (χ1v) is 9.30. The molecule has 1 fully saturated rings. The smallest absolute Gasteiger partial charge is 0.336 e.